The quantitative estimate of drug-likeness (QED) is 0.103. The van der Waals surface area contributed by atoms with Gasteiger partial charge in [0.25, 0.3) is 0 Å². The summed E-state index contributed by atoms with van der Waals surface area (Å²) in [5.74, 6) is 7.54. The first kappa shape index (κ1) is 31.3. The smallest absolute Gasteiger partial charge is 0.208 e. The van der Waals surface area contributed by atoms with Crippen molar-refractivity contribution in [1.29, 1.82) is 0 Å². The minimum atomic E-state index is -2.92. The number of aromatic nitrogens is 2. The molecule has 0 unspecified atom stereocenters. The van der Waals surface area contributed by atoms with Crippen LogP contribution in [0.5, 0.6) is 0 Å². The van der Waals surface area contributed by atoms with E-state index in [1.807, 2.05) is 31.2 Å². The summed E-state index contributed by atoms with van der Waals surface area (Å²) in [4.78, 5) is 11.9. The van der Waals surface area contributed by atoms with Gasteiger partial charge in [0.05, 0.1) is 43.4 Å². The number of nitrogens with zero attached hydrogens (tertiary/aromatic N) is 4. The Hall–Kier alpha value is -2.95. The SMILES string of the molecule is CCNCC#C/C=C/C(=C\S)N=C(N=C(C)N1CCOCC1)c1cccc2[nH]ncc12.CCNS(C)(=O)=O. The van der Waals surface area contributed by atoms with Gasteiger partial charge in [0, 0.05) is 30.6 Å². The maximum absolute atomic E-state index is 10.1. The number of rotatable bonds is 7. The van der Waals surface area contributed by atoms with Gasteiger partial charge in [0.2, 0.25) is 10.0 Å². The number of hydrogen-bond donors (Lipinski definition) is 4. The number of benzene rings is 1. The van der Waals surface area contributed by atoms with E-state index in [2.05, 4.69) is 56.5 Å². The largest absolute Gasteiger partial charge is 0.378 e. The summed E-state index contributed by atoms with van der Waals surface area (Å²) in [5, 5.41) is 13.0. The van der Waals surface area contributed by atoms with Crippen LogP contribution in [0.25, 0.3) is 10.9 Å². The average Bonchev–Trinajstić information content (AvgIpc) is 3.39. The molecule has 206 valence electrons. The number of thiol groups is 1. The Morgan fingerprint density at radius 3 is 2.66 bits per heavy atom. The van der Waals surface area contributed by atoms with Crippen LogP contribution in [0.4, 0.5) is 0 Å². The predicted molar refractivity (Wildman–Crippen MR) is 159 cm³/mol. The van der Waals surface area contributed by atoms with Crippen molar-refractivity contribution in [1.82, 2.24) is 25.1 Å². The van der Waals surface area contributed by atoms with Crippen LogP contribution in [-0.4, -0.2) is 87.4 Å². The molecule has 0 saturated carbocycles. The lowest BCUT2D eigenvalue weighted by Gasteiger charge is -2.28. The van der Waals surface area contributed by atoms with E-state index in [0.29, 0.717) is 37.8 Å². The Morgan fingerprint density at radius 1 is 1.26 bits per heavy atom. The Bertz CT molecular complexity index is 1310. The molecular weight excluding hydrogens is 522 g/mol. The van der Waals surface area contributed by atoms with Gasteiger partial charge in [0.15, 0.2) is 5.84 Å². The zero-order chi connectivity index (χ0) is 27.8. The highest BCUT2D eigenvalue weighted by molar-refractivity contribution is 7.88. The lowest BCUT2D eigenvalue weighted by Crippen LogP contribution is -2.39. The van der Waals surface area contributed by atoms with Gasteiger partial charge < -0.3 is 15.0 Å². The molecule has 3 N–H and O–H groups in total. The van der Waals surface area contributed by atoms with E-state index in [-0.39, 0.29) is 0 Å². The molecule has 2 aromatic rings. The van der Waals surface area contributed by atoms with Crippen LogP contribution in [0.15, 0.2) is 57.6 Å². The summed E-state index contributed by atoms with van der Waals surface area (Å²) in [5.41, 5.74) is 2.50. The molecule has 1 aromatic heterocycles. The number of sulfonamides is 1. The maximum Gasteiger partial charge on any atom is 0.208 e. The van der Waals surface area contributed by atoms with Gasteiger partial charge in [-0.25, -0.2) is 23.1 Å². The molecule has 12 heteroatoms. The highest BCUT2D eigenvalue weighted by atomic mass is 32.2. The van der Waals surface area contributed by atoms with Crippen LogP contribution < -0.4 is 10.0 Å². The van der Waals surface area contributed by atoms with Gasteiger partial charge in [-0.1, -0.05) is 37.8 Å². The Labute approximate surface area is 231 Å². The minimum Gasteiger partial charge on any atom is -0.378 e. The summed E-state index contributed by atoms with van der Waals surface area (Å²) in [7, 11) is -2.92. The number of morpholine rings is 1. The van der Waals surface area contributed by atoms with Crippen LogP contribution in [0, 0.1) is 11.8 Å². The van der Waals surface area contributed by atoms with Crippen molar-refractivity contribution < 1.29 is 13.2 Å². The van der Waals surface area contributed by atoms with Gasteiger partial charge in [-0.15, -0.1) is 12.6 Å². The van der Waals surface area contributed by atoms with E-state index >= 15 is 0 Å². The standard InChI is InChI=1S/C23H28N6OS.C3H9NO2S/c1-3-24-11-6-4-5-8-19(17-31)27-23(26-18(2)29-12-14-30-15-13-29)20-9-7-10-22-21(20)16-25-28-22;1-3-4-7(2,5)6/h5,7-10,16-17,24,31H,3,11-15H2,1-2H3,(H,25,28);4H,3H2,1-2H3/b8-5+,19-17+,26-18?,27-23?;. The first-order valence-corrected chi connectivity index (χ1v) is 14.7. The van der Waals surface area contributed by atoms with E-state index in [1.165, 1.54) is 0 Å². The summed E-state index contributed by atoms with van der Waals surface area (Å²) < 4.78 is 28.0. The lowest BCUT2D eigenvalue weighted by atomic mass is 10.1. The molecule has 2 heterocycles. The topological polar surface area (TPSA) is 124 Å². The number of fused-ring (bicyclic) bond motifs is 1. The molecule has 1 aliphatic rings. The monoisotopic (exact) mass is 559 g/mol. The number of nitrogens with one attached hydrogen (secondary N) is 3. The number of amidine groups is 2. The third kappa shape index (κ3) is 11.2. The molecule has 1 fully saturated rings. The van der Waals surface area contributed by atoms with Gasteiger partial charge in [0.1, 0.15) is 5.84 Å². The number of aliphatic imine (C=N–C) groups is 2. The van der Waals surface area contributed by atoms with Gasteiger partial charge in [-0.3, -0.25) is 5.10 Å². The second-order valence-electron chi connectivity index (χ2n) is 8.09. The lowest BCUT2D eigenvalue weighted by molar-refractivity contribution is 0.0679. The fourth-order valence-electron chi connectivity index (χ4n) is 3.34. The number of allylic oxidation sites excluding steroid dienone is 2. The predicted octanol–water partition coefficient (Wildman–Crippen LogP) is 2.56. The zero-order valence-electron chi connectivity index (χ0n) is 22.4. The van der Waals surface area contributed by atoms with Crippen molar-refractivity contribution in [3.05, 3.63) is 53.2 Å². The van der Waals surface area contributed by atoms with Crippen molar-refractivity contribution in [2.24, 2.45) is 9.98 Å². The molecule has 3 rings (SSSR count). The minimum absolute atomic E-state index is 0.471. The van der Waals surface area contributed by atoms with Gasteiger partial charge >= 0.3 is 0 Å². The molecule has 0 aliphatic carbocycles. The molecule has 1 aromatic carbocycles. The number of aromatic amines is 1. The second-order valence-corrected chi connectivity index (χ2v) is 10.2. The van der Waals surface area contributed by atoms with E-state index in [0.717, 1.165) is 48.2 Å². The highest BCUT2D eigenvalue weighted by Crippen LogP contribution is 2.19. The zero-order valence-corrected chi connectivity index (χ0v) is 24.1. The first-order chi connectivity index (χ1) is 18.3. The van der Waals surface area contributed by atoms with Crippen molar-refractivity contribution in [2.75, 3.05) is 52.2 Å². The fraction of sp³-hybridized carbons (Fsp3) is 0.423. The molecule has 0 radical (unpaired) electrons. The van der Waals surface area contributed by atoms with Crippen LogP contribution in [0.3, 0.4) is 0 Å². The molecular formula is C26H37N7O3S2. The molecule has 38 heavy (non-hydrogen) atoms. The van der Waals surface area contributed by atoms with Gasteiger partial charge in [-0.05, 0) is 37.1 Å². The fourth-order valence-corrected chi connectivity index (χ4v) is 4.01. The third-order valence-corrected chi connectivity index (χ3v) is 6.22. The van der Waals surface area contributed by atoms with Crippen molar-refractivity contribution in [3.8, 4) is 11.8 Å². The summed E-state index contributed by atoms with van der Waals surface area (Å²) in [6, 6.07) is 5.96. The summed E-state index contributed by atoms with van der Waals surface area (Å²) in [6.45, 7) is 10.8. The van der Waals surface area contributed by atoms with Crippen molar-refractivity contribution >= 4 is 45.2 Å². The summed E-state index contributed by atoms with van der Waals surface area (Å²) >= 11 is 4.34. The van der Waals surface area contributed by atoms with Crippen molar-refractivity contribution in [3.63, 3.8) is 0 Å². The Balaban J connectivity index is 0.000000638. The number of H-pyrrole nitrogens is 1. The van der Waals surface area contributed by atoms with Crippen LogP contribution in [0.1, 0.15) is 26.3 Å². The van der Waals surface area contributed by atoms with E-state index in [9.17, 15) is 8.42 Å². The van der Waals surface area contributed by atoms with E-state index in [4.69, 9.17) is 14.7 Å². The molecule has 1 saturated heterocycles. The molecule has 0 atom stereocenters. The third-order valence-electron chi connectivity index (χ3n) is 5.14. The van der Waals surface area contributed by atoms with Gasteiger partial charge in [-0.2, -0.15) is 5.10 Å². The Kier molecular flexibility index (Phi) is 13.8. The second kappa shape index (κ2) is 16.8. The highest BCUT2D eigenvalue weighted by Gasteiger charge is 2.15. The Morgan fingerprint density at radius 2 is 2.03 bits per heavy atom. The van der Waals surface area contributed by atoms with Crippen molar-refractivity contribution in [2.45, 2.75) is 20.8 Å². The number of hydrogen-bond acceptors (Lipinski definition) is 7. The van der Waals surface area contributed by atoms with Crippen LogP contribution in [0.2, 0.25) is 0 Å². The molecule has 10 nitrogen and oxygen atoms in total. The number of ether oxygens (including phenoxy) is 1. The van der Waals surface area contributed by atoms with Crippen LogP contribution in [-0.2, 0) is 14.8 Å². The average molecular weight is 560 g/mol. The first-order valence-electron chi connectivity index (χ1n) is 12.3. The van der Waals surface area contributed by atoms with E-state index in [1.54, 1.807) is 24.6 Å². The molecule has 1 aliphatic heterocycles. The molecule has 0 bridgehead atoms. The maximum atomic E-state index is 10.1. The normalized spacial score (nSPS) is 15.3. The van der Waals surface area contributed by atoms with E-state index < -0.39 is 10.0 Å². The molecule has 0 amide bonds. The van der Waals surface area contributed by atoms with Crippen LogP contribution >= 0.6 is 12.6 Å². The molecule has 0 spiro atoms. The summed E-state index contributed by atoms with van der Waals surface area (Å²) in [6.07, 6.45) is 6.54.